The van der Waals surface area contributed by atoms with Gasteiger partial charge in [-0.25, -0.2) is 9.97 Å². The maximum atomic E-state index is 5.11. The van der Waals surface area contributed by atoms with Crippen molar-refractivity contribution in [3.8, 4) is 39.6 Å². The zero-order chi connectivity index (χ0) is 29.0. The van der Waals surface area contributed by atoms with Gasteiger partial charge in [-0.05, 0) is 42.5 Å². The molecule has 0 spiro atoms. The highest BCUT2D eigenvalue weighted by Crippen LogP contribution is 2.44. The minimum absolute atomic E-state index is 0.709. The fourth-order valence-corrected chi connectivity index (χ4v) is 7.38. The summed E-state index contributed by atoms with van der Waals surface area (Å²) in [6.07, 6.45) is 2.04. The first-order valence-corrected chi connectivity index (χ1v) is 15.4. The normalized spacial score (nSPS) is 11.6. The van der Waals surface area contributed by atoms with Crippen LogP contribution in [0.5, 0.6) is 0 Å². The predicted molar refractivity (Wildman–Crippen MR) is 183 cm³/mol. The summed E-state index contributed by atoms with van der Waals surface area (Å²) in [6, 6.07) is 48.4. The molecule has 4 aromatic heterocycles. The van der Waals surface area contributed by atoms with E-state index in [-0.39, 0.29) is 0 Å². The van der Waals surface area contributed by atoms with Gasteiger partial charge in [0, 0.05) is 49.4 Å². The van der Waals surface area contributed by atoms with E-state index in [0.29, 0.717) is 5.82 Å². The van der Waals surface area contributed by atoms with Gasteiger partial charge in [0.2, 0.25) is 0 Å². The summed E-state index contributed by atoms with van der Waals surface area (Å²) in [4.78, 5) is 15.1. The molecule has 0 saturated heterocycles. The number of rotatable bonds is 4. The van der Waals surface area contributed by atoms with Gasteiger partial charge in [0.15, 0.2) is 5.82 Å². The Hall–Kier alpha value is -5.65. The van der Waals surface area contributed by atoms with Gasteiger partial charge < -0.3 is 4.57 Å². The number of pyridine rings is 1. The lowest BCUT2D eigenvalue weighted by molar-refractivity contribution is 1.18. The number of thiophene rings is 1. The zero-order valence-corrected chi connectivity index (χ0v) is 24.4. The van der Waals surface area contributed by atoms with Gasteiger partial charge >= 0.3 is 0 Å². The maximum absolute atomic E-state index is 5.11. The van der Waals surface area contributed by atoms with Gasteiger partial charge in [-0.3, -0.25) is 4.98 Å². The summed E-state index contributed by atoms with van der Waals surface area (Å²) >= 11 is 1.82. The molecule has 0 aliphatic rings. The van der Waals surface area contributed by atoms with Gasteiger partial charge in [-0.15, -0.1) is 11.3 Å². The Morgan fingerprint density at radius 2 is 1.14 bits per heavy atom. The Kier molecular flexibility index (Phi) is 5.64. The SMILES string of the molecule is c1ccc(-c2cc(-c3ccccc3)nc(-c3ccc4sc5c6cnc7ccccc7c6n(-c6ccccc6)c5c4c3)n2)cc1. The first-order valence-electron chi connectivity index (χ1n) is 14.6. The summed E-state index contributed by atoms with van der Waals surface area (Å²) in [5.41, 5.74) is 9.42. The van der Waals surface area contributed by atoms with E-state index in [1.165, 1.54) is 31.2 Å². The lowest BCUT2D eigenvalue weighted by atomic mass is 10.1. The largest absolute Gasteiger partial charge is 0.307 e. The van der Waals surface area contributed by atoms with E-state index < -0.39 is 0 Å². The summed E-state index contributed by atoms with van der Waals surface area (Å²) in [6.45, 7) is 0. The van der Waals surface area contributed by atoms with Gasteiger partial charge in [0.25, 0.3) is 0 Å². The van der Waals surface area contributed by atoms with E-state index in [1.807, 2.05) is 35.7 Å². The third-order valence-corrected chi connectivity index (χ3v) is 9.43. The summed E-state index contributed by atoms with van der Waals surface area (Å²) in [7, 11) is 0. The number of benzene rings is 5. The Bertz CT molecular complexity index is 2420. The molecule has 206 valence electrons. The summed E-state index contributed by atoms with van der Waals surface area (Å²) < 4.78 is 4.87. The zero-order valence-electron chi connectivity index (χ0n) is 23.6. The highest BCUT2D eigenvalue weighted by Gasteiger charge is 2.21. The number of hydrogen-bond acceptors (Lipinski definition) is 4. The molecule has 0 radical (unpaired) electrons. The van der Waals surface area contributed by atoms with Crippen molar-refractivity contribution >= 4 is 53.4 Å². The molecule has 0 unspecified atom stereocenters. The van der Waals surface area contributed by atoms with Crippen molar-refractivity contribution in [2.75, 3.05) is 0 Å². The lowest BCUT2D eigenvalue weighted by Crippen LogP contribution is -1.96. The van der Waals surface area contributed by atoms with Crippen LogP contribution in [0.2, 0.25) is 0 Å². The monoisotopic (exact) mass is 580 g/mol. The molecule has 0 atom stereocenters. The molecule has 0 fully saturated rings. The standard InChI is InChI=1S/C39H24N4S/c1-4-12-25(13-5-1)33-23-34(26-14-6-2-7-15-26)42-39(41-33)27-20-21-35-30(22-27)37-38(44-35)31-24-40-32-19-11-10-18-29(32)36(31)43(37)28-16-8-3-9-17-28/h1-24H. The van der Waals surface area contributed by atoms with Crippen LogP contribution in [0.3, 0.4) is 0 Å². The van der Waals surface area contributed by atoms with Crippen molar-refractivity contribution in [1.82, 2.24) is 19.5 Å². The molecule has 0 bridgehead atoms. The number of para-hydroxylation sites is 2. The Morgan fingerprint density at radius 3 is 1.84 bits per heavy atom. The minimum Gasteiger partial charge on any atom is -0.307 e. The molecular weight excluding hydrogens is 557 g/mol. The molecule has 0 aliphatic heterocycles. The van der Waals surface area contributed by atoms with Crippen LogP contribution in [-0.2, 0) is 0 Å². The smallest absolute Gasteiger partial charge is 0.160 e. The van der Waals surface area contributed by atoms with Crippen LogP contribution in [0.15, 0.2) is 146 Å². The van der Waals surface area contributed by atoms with E-state index in [2.05, 4.69) is 126 Å². The molecular formula is C39H24N4S. The molecule has 5 heteroatoms. The Morgan fingerprint density at radius 1 is 0.500 bits per heavy atom. The van der Waals surface area contributed by atoms with Crippen LogP contribution in [0.4, 0.5) is 0 Å². The molecule has 0 N–H and O–H groups in total. The molecule has 0 saturated carbocycles. The van der Waals surface area contributed by atoms with E-state index in [4.69, 9.17) is 15.0 Å². The summed E-state index contributed by atoms with van der Waals surface area (Å²) in [5.74, 6) is 0.709. The molecule has 0 amide bonds. The van der Waals surface area contributed by atoms with E-state index in [0.717, 1.165) is 44.7 Å². The van der Waals surface area contributed by atoms with Crippen LogP contribution >= 0.6 is 11.3 Å². The van der Waals surface area contributed by atoms with Crippen LogP contribution in [0.1, 0.15) is 0 Å². The third-order valence-electron chi connectivity index (χ3n) is 8.24. The van der Waals surface area contributed by atoms with Gasteiger partial charge in [-0.2, -0.15) is 0 Å². The van der Waals surface area contributed by atoms with Crippen LogP contribution in [0, 0.1) is 0 Å². The van der Waals surface area contributed by atoms with E-state index in [1.54, 1.807) is 0 Å². The average Bonchev–Trinajstić information content (AvgIpc) is 3.64. The fourth-order valence-electron chi connectivity index (χ4n) is 6.20. The third kappa shape index (κ3) is 3.94. The topological polar surface area (TPSA) is 43.6 Å². The second-order valence-electron chi connectivity index (χ2n) is 10.9. The van der Waals surface area contributed by atoms with Crippen LogP contribution < -0.4 is 0 Å². The van der Waals surface area contributed by atoms with Crippen molar-refractivity contribution in [1.29, 1.82) is 0 Å². The average molecular weight is 581 g/mol. The molecule has 9 aromatic rings. The number of nitrogens with zero attached hydrogens (tertiary/aromatic N) is 4. The lowest BCUT2D eigenvalue weighted by Gasteiger charge is -2.11. The van der Waals surface area contributed by atoms with Crippen molar-refractivity contribution in [3.05, 3.63) is 146 Å². The molecule has 9 rings (SSSR count). The van der Waals surface area contributed by atoms with E-state index in [9.17, 15) is 0 Å². The number of aromatic nitrogens is 4. The first kappa shape index (κ1) is 24.9. The molecule has 4 nitrogen and oxygen atoms in total. The van der Waals surface area contributed by atoms with Crippen molar-refractivity contribution in [2.45, 2.75) is 0 Å². The first-order chi connectivity index (χ1) is 21.8. The highest BCUT2D eigenvalue weighted by molar-refractivity contribution is 7.26. The summed E-state index contributed by atoms with van der Waals surface area (Å²) in [5, 5.41) is 3.49. The minimum atomic E-state index is 0.709. The van der Waals surface area contributed by atoms with Crippen molar-refractivity contribution in [2.24, 2.45) is 0 Å². The Labute approximate surface area is 257 Å². The molecule has 44 heavy (non-hydrogen) atoms. The van der Waals surface area contributed by atoms with Gasteiger partial charge in [0.1, 0.15) is 0 Å². The maximum Gasteiger partial charge on any atom is 0.160 e. The molecule has 4 heterocycles. The number of fused-ring (bicyclic) bond motifs is 7. The predicted octanol–water partition coefficient (Wildman–Crippen LogP) is 10.3. The highest BCUT2D eigenvalue weighted by atomic mass is 32.1. The second-order valence-corrected chi connectivity index (χ2v) is 11.9. The van der Waals surface area contributed by atoms with Gasteiger partial charge in [-0.1, -0.05) is 97.1 Å². The quantitative estimate of drug-likeness (QED) is 0.208. The van der Waals surface area contributed by atoms with Crippen molar-refractivity contribution < 1.29 is 0 Å². The molecule has 5 aromatic carbocycles. The Balaban J connectivity index is 1.34. The number of hydrogen-bond donors (Lipinski definition) is 0. The van der Waals surface area contributed by atoms with E-state index >= 15 is 0 Å². The fraction of sp³-hybridized carbons (Fsp3) is 0. The van der Waals surface area contributed by atoms with Crippen LogP contribution in [0.25, 0.3) is 81.7 Å². The molecule has 0 aliphatic carbocycles. The van der Waals surface area contributed by atoms with Crippen LogP contribution in [-0.4, -0.2) is 19.5 Å². The van der Waals surface area contributed by atoms with Crippen molar-refractivity contribution in [3.63, 3.8) is 0 Å². The second kappa shape index (κ2) is 9.97. The van der Waals surface area contributed by atoms with Gasteiger partial charge in [0.05, 0.1) is 32.6 Å².